The molecule has 0 radical (unpaired) electrons. The maximum atomic E-state index is 12.4. The maximum absolute atomic E-state index is 12.4. The minimum Gasteiger partial charge on any atom is -0.355 e. The van der Waals surface area contributed by atoms with Crippen LogP contribution in [0.4, 0.5) is 5.82 Å². The lowest BCUT2D eigenvalue weighted by atomic mass is 10.3. The summed E-state index contributed by atoms with van der Waals surface area (Å²) in [5.74, 6) is 0.887. The Morgan fingerprint density at radius 1 is 1.21 bits per heavy atom. The summed E-state index contributed by atoms with van der Waals surface area (Å²) < 4.78 is 0. The Balaban J connectivity index is 1.79. The highest BCUT2D eigenvalue weighted by atomic mass is 16.2. The molecule has 7 heteroatoms. The van der Waals surface area contributed by atoms with Crippen LogP contribution < -0.4 is 10.2 Å². The van der Waals surface area contributed by atoms with Crippen molar-refractivity contribution in [3.8, 4) is 0 Å². The largest absolute Gasteiger partial charge is 0.355 e. The number of hydrogen-bond acceptors (Lipinski definition) is 5. The molecule has 0 saturated carbocycles. The molecule has 2 heterocycles. The first-order valence-corrected chi connectivity index (χ1v) is 8.56. The van der Waals surface area contributed by atoms with Crippen LogP contribution in [0.5, 0.6) is 0 Å². The third-order valence-corrected chi connectivity index (χ3v) is 4.15. The van der Waals surface area contributed by atoms with E-state index < -0.39 is 0 Å². The van der Waals surface area contributed by atoms with Crippen molar-refractivity contribution in [1.82, 2.24) is 20.1 Å². The zero-order valence-corrected chi connectivity index (χ0v) is 14.6. The second-order valence-corrected chi connectivity index (χ2v) is 5.81. The molecule has 0 aliphatic carbocycles. The number of hydrogen-bond donors (Lipinski definition) is 1. The maximum Gasteiger partial charge on any atom is 0.239 e. The van der Waals surface area contributed by atoms with Gasteiger partial charge in [0.1, 0.15) is 5.82 Å². The van der Waals surface area contributed by atoms with Crippen LogP contribution in [-0.4, -0.2) is 79.0 Å². The van der Waals surface area contributed by atoms with Gasteiger partial charge in [0.15, 0.2) is 0 Å². The molecule has 2 amide bonds. The highest BCUT2D eigenvalue weighted by molar-refractivity contribution is 5.85. The van der Waals surface area contributed by atoms with Crippen LogP contribution in [0.2, 0.25) is 0 Å². The van der Waals surface area contributed by atoms with Crippen LogP contribution in [0.3, 0.4) is 0 Å². The van der Waals surface area contributed by atoms with Crippen LogP contribution in [0.25, 0.3) is 0 Å². The molecule has 1 N–H and O–H groups in total. The van der Waals surface area contributed by atoms with Crippen molar-refractivity contribution in [2.45, 2.75) is 13.8 Å². The van der Waals surface area contributed by atoms with Crippen LogP contribution in [0.1, 0.15) is 13.8 Å². The SMILES string of the molecule is CCNC(=O)CN(CC)C(=O)CN1CCN(c2ccccn2)CC1. The van der Waals surface area contributed by atoms with Gasteiger partial charge in [0.25, 0.3) is 0 Å². The summed E-state index contributed by atoms with van der Waals surface area (Å²) in [7, 11) is 0. The van der Waals surface area contributed by atoms with Crippen molar-refractivity contribution >= 4 is 17.6 Å². The van der Waals surface area contributed by atoms with Crippen LogP contribution in [-0.2, 0) is 9.59 Å². The molecule has 2 rings (SSSR count). The minimum atomic E-state index is -0.104. The summed E-state index contributed by atoms with van der Waals surface area (Å²) in [4.78, 5) is 34.4. The van der Waals surface area contributed by atoms with Gasteiger partial charge >= 0.3 is 0 Å². The molecule has 0 unspecified atom stereocenters. The molecule has 1 aliphatic heterocycles. The lowest BCUT2D eigenvalue weighted by Gasteiger charge is -2.35. The summed E-state index contributed by atoms with van der Waals surface area (Å²) in [6, 6.07) is 5.90. The Morgan fingerprint density at radius 3 is 2.54 bits per heavy atom. The second-order valence-electron chi connectivity index (χ2n) is 5.81. The fourth-order valence-corrected chi connectivity index (χ4v) is 2.77. The Bertz CT molecular complexity index is 529. The van der Waals surface area contributed by atoms with E-state index >= 15 is 0 Å². The third kappa shape index (κ3) is 5.19. The third-order valence-electron chi connectivity index (χ3n) is 4.15. The number of likely N-dealkylation sites (N-methyl/N-ethyl adjacent to an activating group) is 2. The van der Waals surface area contributed by atoms with E-state index in [1.165, 1.54) is 0 Å². The van der Waals surface area contributed by atoms with Gasteiger partial charge in [-0.15, -0.1) is 0 Å². The molecule has 0 atom stereocenters. The first-order chi connectivity index (χ1) is 11.6. The summed E-state index contributed by atoms with van der Waals surface area (Å²) in [5, 5.41) is 2.73. The van der Waals surface area contributed by atoms with Gasteiger partial charge < -0.3 is 15.1 Å². The highest BCUT2D eigenvalue weighted by Gasteiger charge is 2.22. The predicted molar refractivity (Wildman–Crippen MR) is 93.8 cm³/mol. The Hall–Kier alpha value is -2.15. The van der Waals surface area contributed by atoms with Gasteiger partial charge in [-0.2, -0.15) is 0 Å². The normalized spacial score (nSPS) is 15.2. The van der Waals surface area contributed by atoms with E-state index in [1.807, 2.05) is 32.0 Å². The molecule has 7 nitrogen and oxygen atoms in total. The molecule has 0 spiro atoms. The Morgan fingerprint density at radius 2 is 1.96 bits per heavy atom. The van der Waals surface area contributed by atoms with Gasteiger partial charge in [0.05, 0.1) is 13.1 Å². The standard InChI is InChI=1S/C17H27N5O2/c1-3-18-16(23)13-21(4-2)17(24)14-20-9-11-22(12-10-20)15-7-5-6-8-19-15/h5-8H,3-4,9-14H2,1-2H3,(H,18,23). The summed E-state index contributed by atoms with van der Waals surface area (Å²) >= 11 is 0. The topological polar surface area (TPSA) is 68.8 Å². The Kier molecular flexibility index (Phi) is 6.99. The lowest BCUT2D eigenvalue weighted by molar-refractivity contribution is -0.136. The molecule has 1 saturated heterocycles. The van der Waals surface area contributed by atoms with Crippen LogP contribution >= 0.6 is 0 Å². The number of pyridine rings is 1. The number of carbonyl (C=O) groups is 2. The van der Waals surface area contributed by atoms with E-state index in [2.05, 4.69) is 20.1 Å². The average molecular weight is 333 g/mol. The number of rotatable bonds is 7. The molecule has 1 aliphatic rings. The number of nitrogens with zero attached hydrogens (tertiary/aromatic N) is 4. The van der Waals surface area contributed by atoms with Crippen molar-refractivity contribution in [2.75, 3.05) is 57.3 Å². The molecule has 24 heavy (non-hydrogen) atoms. The Labute approximate surface area is 143 Å². The first-order valence-electron chi connectivity index (χ1n) is 8.56. The van der Waals surface area contributed by atoms with Gasteiger partial charge in [-0.05, 0) is 26.0 Å². The highest BCUT2D eigenvalue weighted by Crippen LogP contribution is 2.12. The molecular formula is C17H27N5O2. The molecule has 132 valence electrons. The monoisotopic (exact) mass is 333 g/mol. The van der Waals surface area contributed by atoms with E-state index in [1.54, 1.807) is 11.1 Å². The van der Waals surface area contributed by atoms with E-state index in [0.29, 0.717) is 19.6 Å². The van der Waals surface area contributed by atoms with Gasteiger partial charge in [-0.1, -0.05) is 6.07 Å². The van der Waals surface area contributed by atoms with Gasteiger partial charge in [0.2, 0.25) is 11.8 Å². The van der Waals surface area contributed by atoms with Crippen molar-refractivity contribution in [3.05, 3.63) is 24.4 Å². The number of nitrogens with one attached hydrogen (secondary N) is 1. The van der Waals surface area contributed by atoms with Gasteiger partial charge in [-0.3, -0.25) is 14.5 Å². The zero-order chi connectivity index (χ0) is 17.4. The van der Waals surface area contributed by atoms with Crippen molar-refractivity contribution < 1.29 is 9.59 Å². The second kappa shape index (κ2) is 9.22. The van der Waals surface area contributed by atoms with Crippen molar-refractivity contribution in [3.63, 3.8) is 0 Å². The molecular weight excluding hydrogens is 306 g/mol. The number of amides is 2. The number of anilines is 1. The van der Waals surface area contributed by atoms with Gasteiger partial charge in [-0.25, -0.2) is 4.98 Å². The van der Waals surface area contributed by atoms with Crippen LogP contribution in [0.15, 0.2) is 24.4 Å². The van der Waals surface area contributed by atoms with Crippen molar-refractivity contribution in [1.29, 1.82) is 0 Å². The molecule has 0 aromatic carbocycles. The van der Waals surface area contributed by atoms with E-state index in [-0.39, 0.29) is 18.4 Å². The molecule has 1 aromatic heterocycles. The molecule has 1 fully saturated rings. The van der Waals surface area contributed by atoms with E-state index in [9.17, 15) is 9.59 Å². The zero-order valence-electron chi connectivity index (χ0n) is 14.6. The first kappa shape index (κ1) is 18.2. The quantitative estimate of drug-likeness (QED) is 0.771. The van der Waals surface area contributed by atoms with E-state index in [0.717, 1.165) is 32.0 Å². The molecule has 1 aromatic rings. The summed E-state index contributed by atoms with van der Waals surface area (Å²) in [5.41, 5.74) is 0. The fraction of sp³-hybridized carbons (Fsp3) is 0.588. The number of piperazine rings is 1. The summed E-state index contributed by atoms with van der Waals surface area (Å²) in [6.45, 7) is 8.75. The molecule has 0 bridgehead atoms. The van der Waals surface area contributed by atoms with Crippen molar-refractivity contribution in [2.24, 2.45) is 0 Å². The fourth-order valence-electron chi connectivity index (χ4n) is 2.77. The lowest BCUT2D eigenvalue weighted by Crippen LogP contribution is -2.51. The number of carbonyl (C=O) groups excluding carboxylic acids is 2. The van der Waals surface area contributed by atoms with Crippen LogP contribution in [0, 0.1) is 0 Å². The number of aromatic nitrogens is 1. The predicted octanol–water partition coefficient (Wildman–Crippen LogP) is 0.188. The average Bonchev–Trinajstić information content (AvgIpc) is 2.61. The minimum absolute atomic E-state index is 0.00930. The smallest absolute Gasteiger partial charge is 0.239 e. The summed E-state index contributed by atoms with van der Waals surface area (Å²) in [6.07, 6.45) is 1.80. The van der Waals surface area contributed by atoms with Gasteiger partial charge in [0, 0.05) is 45.5 Å². The van der Waals surface area contributed by atoms with E-state index in [4.69, 9.17) is 0 Å².